The Kier molecular flexibility index (Phi) is 6.36. The van der Waals surface area contributed by atoms with Crippen LogP contribution in [0, 0.1) is 17.8 Å². The molecule has 0 aromatic rings. The summed E-state index contributed by atoms with van der Waals surface area (Å²) in [5.74, 6) is 2.66. The molecule has 2 unspecified atom stereocenters. The van der Waals surface area contributed by atoms with Gasteiger partial charge in [0.1, 0.15) is 5.78 Å². The number of hydrogen-bond acceptors (Lipinski definition) is 2. The van der Waals surface area contributed by atoms with Crippen LogP contribution in [-0.2, 0) is 9.53 Å². The SMILES string of the molecule is CCC1CCC(C(=O)CCCCC2CCOCC2)C1. The average molecular weight is 266 g/mol. The highest BCUT2D eigenvalue weighted by molar-refractivity contribution is 5.81. The molecule has 2 aliphatic rings. The van der Waals surface area contributed by atoms with Gasteiger partial charge in [0.05, 0.1) is 0 Å². The Morgan fingerprint density at radius 2 is 1.84 bits per heavy atom. The fraction of sp³-hybridized carbons (Fsp3) is 0.941. The van der Waals surface area contributed by atoms with Crippen LogP contribution in [0.25, 0.3) is 0 Å². The van der Waals surface area contributed by atoms with Crippen molar-refractivity contribution < 1.29 is 9.53 Å². The molecule has 0 bridgehead atoms. The second-order valence-corrected chi connectivity index (χ2v) is 6.55. The lowest BCUT2D eigenvalue weighted by atomic mass is 9.91. The number of carbonyl (C=O) groups excluding carboxylic acids is 1. The lowest BCUT2D eigenvalue weighted by Crippen LogP contribution is -2.16. The quantitative estimate of drug-likeness (QED) is 0.640. The van der Waals surface area contributed by atoms with Crippen LogP contribution in [0.5, 0.6) is 0 Å². The van der Waals surface area contributed by atoms with Crippen molar-refractivity contribution >= 4 is 5.78 Å². The smallest absolute Gasteiger partial charge is 0.135 e. The van der Waals surface area contributed by atoms with E-state index in [0.717, 1.165) is 44.3 Å². The fourth-order valence-electron chi connectivity index (χ4n) is 3.71. The van der Waals surface area contributed by atoms with Crippen molar-refractivity contribution in [1.82, 2.24) is 0 Å². The fourth-order valence-corrected chi connectivity index (χ4v) is 3.71. The number of rotatable bonds is 7. The van der Waals surface area contributed by atoms with Crippen molar-refractivity contribution in [3.05, 3.63) is 0 Å². The summed E-state index contributed by atoms with van der Waals surface area (Å²) in [6.07, 6.45) is 11.8. The molecule has 2 nitrogen and oxygen atoms in total. The Bertz CT molecular complexity index is 268. The highest BCUT2D eigenvalue weighted by atomic mass is 16.5. The van der Waals surface area contributed by atoms with Gasteiger partial charge in [-0.15, -0.1) is 0 Å². The first-order chi connectivity index (χ1) is 9.29. The predicted molar refractivity (Wildman–Crippen MR) is 78.1 cm³/mol. The molecule has 0 aromatic heterocycles. The molecule has 2 atom stereocenters. The molecular formula is C17H30O2. The zero-order valence-corrected chi connectivity index (χ0v) is 12.5. The largest absolute Gasteiger partial charge is 0.381 e. The topological polar surface area (TPSA) is 26.3 Å². The van der Waals surface area contributed by atoms with Crippen LogP contribution in [-0.4, -0.2) is 19.0 Å². The van der Waals surface area contributed by atoms with Crippen molar-refractivity contribution in [2.75, 3.05) is 13.2 Å². The molecule has 0 radical (unpaired) electrons. The molecule has 110 valence electrons. The van der Waals surface area contributed by atoms with Gasteiger partial charge >= 0.3 is 0 Å². The summed E-state index contributed by atoms with van der Waals surface area (Å²) in [5.41, 5.74) is 0. The Balaban J connectivity index is 1.54. The Morgan fingerprint density at radius 1 is 1.05 bits per heavy atom. The van der Waals surface area contributed by atoms with Gasteiger partial charge in [0.25, 0.3) is 0 Å². The zero-order chi connectivity index (χ0) is 13.5. The summed E-state index contributed by atoms with van der Waals surface area (Å²) in [6, 6.07) is 0. The van der Waals surface area contributed by atoms with Crippen LogP contribution in [0.3, 0.4) is 0 Å². The Hall–Kier alpha value is -0.370. The van der Waals surface area contributed by atoms with Crippen LogP contribution >= 0.6 is 0 Å². The third kappa shape index (κ3) is 4.91. The summed E-state index contributed by atoms with van der Waals surface area (Å²) in [6.45, 7) is 4.15. The van der Waals surface area contributed by atoms with E-state index in [-0.39, 0.29) is 0 Å². The maximum Gasteiger partial charge on any atom is 0.135 e. The highest BCUT2D eigenvalue weighted by Gasteiger charge is 2.28. The minimum atomic E-state index is 0.410. The summed E-state index contributed by atoms with van der Waals surface area (Å²) < 4.78 is 5.38. The van der Waals surface area contributed by atoms with Crippen LogP contribution < -0.4 is 0 Å². The molecule has 0 amide bonds. The first-order valence-corrected chi connectivity index (χ1v) is 8.40. The van der Waals surface area contributed by atoms with E-state index in [9.17, 15) is 4.79 Å². The molecule has 0 aromatic carbocycles. The molecule has 2 fully saturated rings. The van der Waals surface area contributed by atoms with Gasteiger partial charge in [-0.25, -0.2) is 0 Å². The maximum absolute atomic E-state index is 12.1. The van der Waals surface area contributed by atoms with Crippen LogP contribution in [0.15, 0.2) is 0 Å². The molecule has 0 N–H and O–H groups in total. The van der Waals surface area contributed by atoms with Gasteiger partial charge in [-0.3, -0.25) is 4.79 Å². The van der Waals surface area contributed by atoms with Gasteiger partial charge in [0.15, 0.2) is 0 Å². The van der Waals surface area contributed by atoms with Crippen LogP contribution in [0.1, 0.15) is 71.1 Å². The van der Waals surface area contributed by atoms with Crippen molar-refractivity contribution in [3.63, 3.8) is 0 Å². The van der Waals surface area contributed by atoms with Crippen molar-refractivity contribution in [2.24, 2.45) is 17.8 Å². The number of ether oxygens (including phenoxy) is 1. The monoisotopic (exact) mass is 266 g/mol. The highest BCUT2D eigenvalue weighted by Crippen LogP contribution is 2.34. The molecule has 1 aliphatic heterocycles. The van der Waals surface area contributed by atoms with Crippen LogP contribution in [0.4, 0.5) is 0 Å². The van der Waals surface area contributed by atoms with Crippen molar-refractivity contribution in [3.8, 4) is 0 Å². The summed E-state index contributed by atoms with van der Waals surface area (Å²) >= 11 is 0. The van der Waals surface area contributed by atoms with E-state index in [2.05, 4.69) is 6.92 Å². The number of carbonyl (C=O) groups is 1. The van der Waals surface area contributed by atoms with Gasteiger partial charge in [0, 0.05) is 25.6 Å². The number of unbranched alkanes of at least 4 members (excludes halogenated alkanes) is 1. The predicted octanol–water partition coefficient (Wildman–Crippen LogP) is 4.37. The maximum atomic E-state index is 12.1. The van der Waals surface area contributed by atoms with Crippen molar-refractivity contribution in [2.45, 2.75) is 71.1 Å². The zero-order valence-electron chi connectivity index (χ0n) is 12.5. The Morgan fingerprint density at radius 3 is 2.53 bits per heavy atom. The van der Waals surface area contributed by atoms with Gasteiger partial charge in [-0.05, 0) is 50.4 Å². The van der Waals surface area contributed by atoms with Gasteiger partial charge < -0.3 is 4.74 Å². The molecule has 1 saturated carbocycles. The molecule has 19 heavy (non-hydrogen) atoms. The molecule has 2 rings (SSSR count). The van der Waals surface area contributed by atoms with Gasteiger partial charge in [0.2, 0.25) is 0 Å². The second kappa shape index (κ2) is 8.04. The minimum absolute atomic E-state index is 0.410. The second-order valence-electron chi connectivity index (χ2n) is 6.55. The van der Waals surface area contributed by atoms with E-state index < -0.39 is 0 Å². The molecular weight excluding hydrogens is 236 g/mol. The number of ketones is 1. The average Bonchev–Trinajstić information content (AvgIpc) is 2.93. The molecule has 1 aliphatic carbocycles. The molecule has 2 heteroatoms. The Labute approximate surface area is 118 Å². The molecule has 0 spiro atoms. The summed E-state index contributed by atoms with van der Waals surface area (Å²) in [4.78, 5) is 12.1. The van der Waals surface area contributed by atoms with E-state index in [1.165, 1.54) is 44.9 Å². The number of hydrogen-bond donors (Lipinski definition) is 0. The molecule has 1 saturated heterocycles. The third-order valence-corrected chi connectivity index (χ3v) is 5.20. The van der Waals surface area contributed by atoms with E-state index in [4.69, 9.17) is 4.74 Å². The summed E-state index contributed by atoms with van der Waals surface area (Å²) in [5, 5.41) is 0. The van der Waals surface area contributed by atoms with Gasteiger partial charge in [-0.2, -0.15) is 0 Å². The standard InChI is InChI=1S/C17H30O2/c1-2-14-7-8-16(13-14)17(18)6-4-3-5-15-9-11-19-12-10-15/h14-16H,2-13H2,1H3. The van der Waals surface area contributed by atoms with E-state index in [1.54, 1.807) is 0 Å². The normalized spacial score (nSPS) is 28.7. The molecule has 1 heterocycles. The first-order valence-electron chi connectivity index (χ1n) is 8.40. The summed E-state index contributed by atoms with van der Waals surface area (Å²) in [7, 11) is 0. The number of Topliss-reactive ketones (excluding diaryl/α,β-unsaturated/α-hetero) is 1. The third-order valence-electron chi connectivity index (χ3n) is 5.20. The first kappa shape index (κ1) is 15.0. The lowest BCUT2D eigenvalue weighted by Gasteiger charge is -2.21. The van der Waals surface area contributed by atoms with E-state index in [1.807, 2.05) is 0 Å². The minimum Gasteiger partial charge on any atom is -0.381 e. The van der Waals surface area contributed by atoms with Crippen molar-refractivity contribution in [1.29, 1.82) is 0 Å². The van der Waals surface area contributed by atoms with E-state index >= 15 is 0 Å². The van der Waals surface area contributed by atoms with Crippen LogP contribution in [0.2, 0.25) is 0 Å². The van der Waals surface area contributed by atoms with Gasteiger partial charge in [-0.1, -0.05) is 26.2 Å². The van der Waals surface area contributed by atoms with E-state index in [0.29, 0.717) is 11.7 Å². The lowest BCUT2D eigenvalue weighted by molar-refractivity contribution is -0.122.